The lowest BCUT2D eigenvalue weighted by atomic mass is 10.4. The van der Waals surface area contributed by atoms with E-state index in [1.54, 1.807) is 10.6 Å². The van der Waals surface area contributed by atoms with Gasteiger partial charge in [-0.05, 0) is 18.2 Å². The first-order valence-corrected chi connectivity index (χ1v) is 6.27. The highest BCUT2D eigenvalue weighted by Gasteiger charge is 2.15. The number of H-pyrrole nitrogens is 1. The number of unbranched alkanes of at least 4 members (excludes halogenated alkanes) is 1. The lowest BCUT2D eigenvalue weighted by molar-refractivity contribution is -0.732. The quantitative estimate of drug-likeness (QED) is 0.260. The third-order valence-electron chi connectivity index (χ3n) is 2.06. The van der Waals surface area contributed by atoms with Crippen molar-refractivity contribution in [3.8, 4) is 5.88 Å². The minimum atomic E-state index is -0.281. The van der Waals surface area contributed by atoms with E-state index in [-0.39, 0.29) is 11.4 Å². The van der Waals surface area contributed by atoms with Crippen LogP contribution in [0.2, 0.25) is 0 Å². The Kier molecular flexibility index (Phi) is 5.11. The molecule has 4 nitrogen and oxygen atoms in total. The van der Waals surface area contributed by atoms with E-state index in [9.17, 15) is 9.90 Å². The number of hydrogen-bond acceptors (Lipinski definition) is 3. The van der Waals surface area contributed by atoms with Crippen molar-refractivity contribution in [2.75, 3.05) is 5.75 Å². The predicted octanol–water partition coefficient (Wildman–Crippen LogP) is 1.45. The highest BCUT2D eigenvalue weighted by Crippen LogP contribution is 2.13. The van der Waals surface area contributed by atoms with Gasteiger partial charge in [0.2, 0.25) is 0 Å². The topological polar surface area (TPSA) is 57.0 Å². The largest absolute Gasteiger partial charge is 0.478 e. The van der Waals surface area contributed by atoms with Crippen LogP contribution in [0.3, 0.4) is 0 Å². The molecule has 1 aromatic heterocycles. The molecule has 1 heterocycles. The van der Waals surface area contributed by atoms with E-state index in [0.29, 0.717) is 11.7 Å². The minimum absolute atomic E-state index is 0.0253. The summed E-state index contributed by atoms with van der Waals surface area (Å²) in [5, 5.41) is 10.3. The zero-order valence-electron chi connectivity index (χ0n) is 9.40. The van der Waals surface area contributed by atoms with Gasteiger partial charge in [-0.15, -0.1) is 0 Å². The molecular formula is C11H17N2O2S+. The molecule has 0 saturated heterocycles. The van der Waals surface area contributed by atoms with Gasteiger partial charge in [0.15, 0.2) is 0 Å². The van der Waals surface area contributed by atoms with Gasteiger partial charge in [0, 0.05) is 5.75 Å². The molecule has 0 spiro atoms. The van der Waals surface area contributed by atoms with E-state index in [1.165, 1.54) is 17.8 Å². The lowest BCUT2D eigenvalue weighted by Gasteiger charge is -2.03. The van der Waals surface area contributed by atoms with Crippen LogP contribution in [0, 0.1) is 0 Å². The van der Waals surface area contributed by atoms with Crippen molar-refractivity contribution < 1.29 is 9.67 Å². The van der Waals surface area contributed by atoms with Gasteiger partial charge in [0.25, 0.3) is 5.88 Å². The molecule has 0 aromatic carbocycles. The molecule has 2 N–H and O–H groups in total. The summed E-state index contributed by atoms with van der Waals surface area (Å²) in [4.78, 5) is 14.0. The van der Waals surface area contributed by atoms with Crippen LogP contribution in [-0.2, 0) is 6.54 Å². The number of allylic oxidation sites excluding steroid dienone is 1. The van der Waals surface area contributed by atoms with Crippen molar-refractivity contribution in [1.29, 1.82) is 0 Å². The highest BCUT2D eigenvalue weighted by molar-refractivity contribution is 7.99. The summed E-state index contributed by atoms with van der Waals surface area (Å²) in [5.41, 5.74) is -0.281. The first kappa shape index (κ1) is 12.8. The average Bonchev–Trinajstić information content (AvgIpc) is 2.23. The van der Waals surface area contributed by atoms with Crippen molar-refractivity contribution in [3.05, 3.63) is 29.1 Å². The summed E-state index contributed by atoms with van der Waals surface area (Å²) in [6.45, 7) is 6.22. The fourth-order valence-electron chi connectivity index (χ4n) is 1.24. The van der Waals surface area contributed by atoms with Crippen molar-refractivity contribution >= 4 is 11.8 Å². The van der Waals surface area contributed by atoms with Crippen LogP contribution in [0.15, 0.2) is 28.7 Å². The van der Waals surface area contributed by atoms with Crippen molar-refractivity contribution in [2.24, 2.45) is 0 Å². The van der Waals surface area contributed by atoms with Crippen LogP contribution < -0.4 is 10.1 Å². The second-order valence-electron chi connectivity index (χ2n) is 3.40. The van der Waals surface area contributed by atoms with Crippen LogP contribution >= 0.6 is 11.8 Å². The molecule has 1 rings (SSSR count). The van der Waals surface area contributed by atoms with Gasteiger partial charge < -0.3 is 5.11 Å². The number of aromatic hydroxyl groups is 1. The summed E-state index contributed by atoms with van der Waals surface area (Å²) >= 11 is 1.54. The molecule has 0 fully saturated rings. The van der Waals surface area contributed by atoms with Gasteiger partial charge in [-0.3, -0.25) is 0 Å². The van der Waals surface area contributed by atoms with Crippen molar-refractivity contribution in [1.82, 2.24) is 4.98 Å². The fraction of sp³-hybridized carbons (Fsp3) is 0.455. The standard InChI is InChI=1S/C11H16N2O2S/c1-3-5-7-16-11-12-9(14)8-10(15)13(11)6-4-2/h4,8H,2-3,5-7H2,1H3,(H,14,15)/p+1. The molecule has 1 aromatic rings. The molecule has 0 radical (unpaired) electrons. The van der Waals surface area contributed by atoms with Crippen LogP contribution in [-0.4, -0.2) is 15.8 Å². The van der Waals surface area contributed by atoms with E-state index < -0.39 is 0 Å². The Morgan fingerprint density at radius 3 is 3.06 bits per heavy atom. The minimum Gasteiger partial charge on any atom is -0.478 e. The Hall–Kier alpha value is -1.23. The number of nitrogens with zero attached hydrogens (tertiary/aromatic N) is 1. The van der Waals surface area contributed by atoms with Gasteiger partial charge in [-0.2, -0.15) is 4.57 Å². The van der Waals surface area contributed by atoms with Crippen molar-refractivity contribution in [3.63, 3.8) is 0 Å². The highest BCUT2D eigenvalue weighted by atomic mass is 32.2. The Morgan fingerprint density at radius 2 is 2.44 bits per heavy atom. The van der Waals surface area contributed by atoms with E-state index in [2.05, 4.69) is 18.5 Å². The second-order valence-corrected chi connectivity index (χ2v) is 4.48. The Bertz CT molecular complexity index is 415. The molecule has 0 aliphatic heterocycles. The number of nitrogens with one attached hydrogen (secondary N) is 1. The Balaban J connectivity index is 2.94. The summed E-state index contributed by atoms with van der Waals surface area (Å²) in [6.07, 6.45) is 3.87. The average molecular weight is 241 g/mol. The third-order valence-corrected chi connectivity index (χ3v) is 3.15. The molecule has 0 saturated carbocycles. The van der Waals surface area contributed by atoms with Crippen LogP contribution in [0.25, 0.3) is 0 Å². The number of aromatic nitrogens is 2. The molecule has 0 unspecified atom stereocenters. The number of rotatable bonds is 6. The molecule has 0 aliphatic rings. The summed E-state index contributed by atoms with van der Waals surface area (Å²) in [5.74, 6) is 0.898. The number of thioether (sulfide) groups is 1. The molecule has 0 amide bonds. The summed E-state index contributed by atoms with van der Waals surface area (Å²) in [6, 6.07) is 1.17. The molecule has 16 heavy (non-hydrogen) atoms. The number of aromatic amines is 1. The monoisotopic (exact) mass is 241 g/mol. The Labute approximate surface area is 99.0 Å². The van der Waals surface area contributed by atoms with Gasteiger partial charge in [-0.1, -0.05) is 26.0 Å². The van der Waals surface area contributed by atoms with Crippen molar-refractivity contribution in [2.45, 2.75) is 31.5 Å². The zero-order valence-corrected chi connectivity index (χ0v) is 10.2. The molecule has 88 valence electrons. The van der Waals surface area contributed by atoms with E-state index >= 15 is 0 Å². The molecule has 0 bridgehead atoms. The molecule has 0 aliphatic carbocycles. The van der Waals surface area contributed by atoms with Crippen LogP contribution in [0.4, 0.5) is 0 Å². The summed E-state index contributed by atoms with van der Waals surface area (Å²) < 4.78 is 1.63. The third kappa shape index (κ3) is 3.41. The van der Waals surface area contributed by atoms with Gasteiger partial charge in [-0.25, -0.2) is 9.78 Å². The normalized spacial score (nSPS) is 10.3. The fourth-order valence-corrected chi connectivity index (χ4v) is 2.36. The van der Waals surface area contributed by atoms with Gasteiger partial charge in [0.1, 0.15) is 12.6 Å². The SMILES string of the molecule is C=CC[n+]1c(O)cc(=O)[nH]c1SCCCC. The van der Waals surface area contributed by atoms with E-state index in [1.807, 2.05) is 0 Å². The maximum Gasteiger partial charge on any atom is 0.339 e. The van der Waals surface area contributed by atoms with Crippen LogP contribution in [0.1, 0.15) is 19.8 Å². The molecule has 0 atom stereocenters. The first-order valence-electron chi connectivity index (χ1n) is 5.28. The predicted molar refractivity (Wildman–Crippen MR) is 64.8 cm³/mol. The maximum atomic E-state index is 11.2. The molecule has 5 heteroatoms. The number of hydrogen-bond donors (Lipinski definition) is 2. The smallest absolute Gasteiger partial charge is 0.339 e. The second kappa shape index (κ2) is 6.37. The van der Waals surface area contributed by atoms with E-state index in [0.717, 1.165) is 18.6 Å². The Morgan fingerprint density at radius 1 is 1.69 bits per heavy atom. The maximum absolute atomic E-state index is 11.2. The first-order chi connectivity index (χ1) is 7.69. The van der Waals surface area contributed by atoms with Gasteiger partial charge >= 0.3 is 10.7 Å². The molecular weight excluding hydrogens is 224 g/mol. The van der Waals surface area contributed by atoms with Gasteiger partial charge in [0.05, 0.1) is 0 Å². The zero-order chi connectivity index (χ0) is 12.0. The van der Waals surface area contributed by atoms with E-state index in [4.69, 9.17) is 0 Å². The lowest BCUT2D eigenvalue weighted by Crippen LogP contribution is -2.39. The van der Waals surface area contributed by atoms with Crippen LogP contribution in [0.5, 0.6) is 5.88 Å². The summed E-state index contributed by atoms with van der Waals surface area (Å²) in [7, 11) is 0.